The molecule has 3 heterocycles. The Morgan fingerprint density at radius 2 is 2.38 bits per heavy atom. The molecular weight excluding hydrogens is 204 g/mol. The molecule has 1 unspecified atom stereocenters. The monoisotopic (exact) mass is 220 g/mol. The minimum Gasteiger partial charge on any atom is -0.343 e. The zero-order valence-electron chi connectivity index (χ0n) is 9.66. The highest BCUT2D eigenvalue weighted by Gasteiger charge is 2.39. The average Bonchev–Trinajstić information content (AvgIpc) is 2.84. The minimum atomic E-state index is 0.0221. The lowest BCUT2D eigenvalue weighted by molar-refractivity contribution is -0.117. The molecule has 1 atom stereocenters. The second-order valence-corrected chi connectivity index (χ2v) is 4.44. The van der Waals surface area contributed by atoms with Crippen molar-refractivity contribution in [3.63, 3.8) is 0 Å². The van der Waals surface area contributed by atoms with E-state index in [1.165, 1.54) is 0 Å². The van der Waals surface area contributed by atoms with E-state index < -0.39 is 0 Å². The lowest BCUT2D eigenvalue weighted by Gasteiger charge is -2.31. The number of fused-ring (bicyclic) bond motifs is 3. The molecule has 1 aromatic rings. The van der Waals surface area contributed by atoms with Crippen LogP contribution in [0.25, 0.3) is 0 Å². The SMILES string of the molecule is CCn1nc(C)c2c1N1CCCC1C(=O)N2. The number of aryl methyl sites for hydroxylation is 2. The van der Waals surface area contributed by atoms with Gasteiger partial charge in [-0.1, -0.05) is 0 Å². The van der Waals surface area contributed by atoms with Gasteiger partial charge in [-0.15, -0.1) is 0 Å². The van der Waals surface area contributed by atoms with Crippen LogP contribution in [0.4, 0.5) is 11.5 Å². The third-order valence-electron chi connectivity index (χ3n) is 3.48. The topological polar surface area (TPSA) is 50.2 Å². The molecule has 1 amide bonds. The number of carbonyl (C=O) groups is 1. The molecule has 1 saturated heterocycles. The van der Waals surface area contributed by atoms with Crippen molar-refractivity contribution in [2.24, 2.45) is 0 Å². The van der Waals surface area contributed by atoms with E-state index in [0.717, 1.165) is 43.1 Å². The van der Waals surface area contributed by atoms with Gasteiger partial charge in [0.25, 0.3) is 0 Å². The molecule has 0 saturated carbocycles. The van der Waals surface area contributed by atoms with Crippen LogP contribution >= 0.6 is 0 Å². The molecular formula is C11H16N4O. The number of nitrogens with zero attached hydrogens (tertiary/aromatic N) is 3. The maximum Gasteiger partial charge on any atom is 0.247 e. The highest BCUT2D eigenvalue weighted by atomic mass is 16.2. The van der Waals surface area contributed by atoms with E-state index in [2.05, 4.69) is 22.2 Å². The molecule has 5 nitrogen and oxygen atoms in total. The van der Waals surface area contributed by atoms with Crippen LogP contribution < -0.4 is 10.2 Å². The van der Waals surface area contributed by atoms with Crippen molar-refractivity contribution in [3.8, 4) is 0 Å². The van der Waals surface area contributed by atoms with E-state index >= 15 is 0 Å². The third kappa shape index (κ3) is 1.11. The van der Waals surface area contributed by atoms with E-state index in [4.69, 9.17) is 0 Å². The molecule has 0 bridgehead atoms. The number of amides is 1. The van der Waals surface area contributed by atoms with E-state index in [-0.39, 0.29) is 11.9 Å². The first kappa shape index (κ1) is 9.69. The Bertz CT molecular complexity index is 451. The van der Waals surface area contributed by atoms with E-state index in [9.17, 15) is 4.79 Å². The molecule has 3 rings (SSSR count). The van der Waals surface area contributed by atoms with Crippen molar-refractivity contribution in [3.05, 3.63) is 5.69 Å². The molecule has 1 aromatic heterocycles. The van der Waals surface area contributed by atoms with Crippen molar-refractivity contribution < 1.29 is 4.79 Å². The largest absolute Gasteiger partial charge is 0.343 e. The van der Waals surface area contributed by atoms with E-state index in [1.54, 1.807) is 0 Å². The molecule has 1 N–H and O–H groups in total. The molecule has 5 heteroatoms. The Labute approximate surface area is 94.4 Å². The first-order valence-corrected chi connectivity index (χ1v) is 5.87. The molecule has 0 radical (unpaired) electrons. The van der Waals surface area contributed by atoms with Gasteiger partial charge in [0, 0.05) is 13.1 Å². The number of aromatic nitrogens is 2. The summed E-state index contributed by atoms with van der Waals surface area (Å²) in [6.07, 6.45) is 2.05. The predicted octanol–water partition coefficient (Wildman–Crippen LogP) is 1.13. The quantitative estimate of drug-likeness (QED) is 0.772. The summed E-state index contributed by atoms with van der Waals surface area (Å²) in [5.74, 6) is 1.23. The molecule has 86 valence electrons. The van der Waals surface area contributed by atoms with E-state index in [1.807, 2.05) is 11.6 Å². The highest BCUT2D eigenvalue weighted by Crippen LogP contribution is 2.38. The number of hydrogen-bond donors (Lipinski definition) is 1. The standard InChI is InChI=1S/C11H16N4O/c1-3-15-11-9(7(2)13-15)12-10(16)8-5-4-6-14(8)11/h8H,3-6H2,1-2H3,(H,12,16). The van der Waals surface area contributed by atoms with Crippen LogP contribution in [0.3, 0.4) is 0 Å². The number of carbonyl (C=O) groups excluding carboxylic acids is 1. The van der Waals surface area contributed by atoms with Gasteiger partial charge in [-0.05, 0) is 26.7 Å². The van der Waals surface area contributed by atoms with Crippen molar-refractivity contribution in [1.82, 2.24) is 9.78 Å². The minimum absolute atomic E-state index is 0.0221. The van der Waals surface area contributed by atoms with Crippen LogP contribution in [0.2, 0.25) is 0 Å². The van der Waals surface area contributed by atoms with Gasteiger partial charge < -0.3 is 10.2 Å². The normalized spacial score (nSPS) is 23.0. The molecule has 2 aliphatic rings. The van der Waals surface area contributed by atoms with Crippen LogP contribution in [-0.2, 0) is 11.3 Å². The Balaban J connectivity index is 2.15. The highest BCUT2D eigenvalue weighted by molar-refractivity contribution is 6.03. The first-order valence-electron chi connectivity index (χ1n) is 5.87. The summed E-state index contributed by atoms with van der Waals surface area (Å²) in [6.45, 7) is 5.83. The second-order valence-electron chi connectivity index (χ2n) is 4.44. The summed E-state index contributed by atoms with van der Waals surface area (Å²) in [5, 5.41) is 7.46. The van der Waals surface area contributed by atoms with Crippen molar-refractivity contribution in [2.45, 2.75) is 39.3 Å². The molecule has 0 aromatic carbocycles. The number of nitrogens with one attached hydrogen (secondary N) is 1. The number of rotatable bonds is 1. The van der Waals surface area contributed by atoms with Gasteiger partial charge in [-0.3, -0.25) is 4.79 Å². The van der Waals surface area contributed by atoms with Crippen molar-refractivity contribution in [1.29, 1.82) is 0 Å². The third-order valence-corrected chi connectivity index (χ3v) is 3.48. The first-order chi connectivity index (χ1) is 7.72. The van der Waals surface area contributed by atoms with Gasteiger partial charge in [0.15, 0.2) is 5.82 Å². The summed E-state index contributed by atoms with van der Waals surface area (Å²) in [7, 11) is 0. The zero-order chi connectivity index (χ0) is 11.3. The fourth-order valence-electron chi connectivity index (χ4n) is 2.73. The molecule has 16 heavy (non-hydrogen) atoms. The van der Waals surface area contributed by atoms with Gasteiger partial charge >= 0.3 is 0 Å². The smallest absolute Gasteiger partial charge is 0.247 e. The number of anilines is 2. The maximum absolute atomic E-state index is 11.9. The summed E-state index contributed by atoms with van der Waals surface area (Å²) >= 11 is 0. The second kappa shape index (κ2) is 3.23. The van der Waals surface area contributed by atoms with Gasteiger partial charge in [0.2, 0.25) is 5.91 Å². The zero-order valence-corrected chi connectivity index (χ0v) is 9.66. The Morgan fingerprint density at radius 1 is 1.56 bits per heavy atom. The maximum atomic E-state index is 11.9. The lowest BCUT2D eigenvalue weighted by atomic mass is 10.1. The van der Waals surface area contributed by atoms with Crippen LogP contribution in [0, 0.1) is 6.92 Å². The van der Waals surface area contributed by atoms with Gasteiger partial charge in [-0.2, -0.15) is 5.10 Å². The fraction of sp³-hybridized carbons (Fsp3) is 0.636. The summed E-state index contributed by atoms with van der Waals surface area (Å²) in [4.78, 5) is 14.1. The van der Waals surface area contributed by atoms with Crippen molar-refractivity contribution in [2.75, 3.05) is 16.8 Å². The Kier molecular flexibility index (Phi) is 1.96. The predicted molar refractivity (Wildman–Crippen MR) is 61.6 cm³/mol. The fourth-order valence-corrected chi connectivity index (χ4v) is 2.73. The van der Waals surface area contributed by atoms with Crippen LogP contribution in [0.1, 0.15) is 25.5 Å². The summed E-state index contributed by atoms with van der Waals surface area (Å²) in [6, 6.07) is 0.0221. The lowest BCUT2D eigenvalue weighted by Crippen LogP contribution is -2.44. The Morgan fingerprint density at radius 3 is 3.12 bits per heavy atom. The van der Waals surface area contributed by atoms with Crippen molar-refractivity contribution >= 4 is 17.4 Å². The van der Waals surface area contributed by atoms with Gasteiger partial charge in [-0.25, -0.2) is 4.68 Å². The van der Waals surface area contributed by atoms with E-state index in [0.29, 0.717) is 0 Å². The van der Waals surface area contributed by atoms with Crippen LogP contribution in [-0.4, -0.2) is 28.3 Å². The van der Waals surface area contributed by atoms with Gasteiger partial charge in [0.05, 0.1) is 5.69 Å². The summed E-state index contributed by atoms with van der Waals surface area (Å²) in [5.41, 5.74) is 1.82. The molecule has 0 spiro atoms. The van der Waals surface area contributed by atoms with Crippen LogP contribution in [0.15, 0.2) is 0 Å². The summed E-state index contributed by atoms with van der Waals surface area (Å²) < 4.78 is 1.99. The molecule has 2 aliphatic heterocycles. The Hall–Kier alpha value is -1.52. The average molecular weight is 220 g/mol. The molecule has 1 fully saturated rings. The number of hydrogen-bond acceptors (Lipinski definition) is 3. The van der Waals surface area contributed by atoms with Crippen LogP contribution in [0.5, 0.6) is 0 Å². The molecule has 0 aliphatic carbocycles. The van der Waals surface area contributed by atoms with Gasteiger partial charge in [0.1, 0.15) is 11.7 Å².